The van der Waals surface area contributed by atoms with Crippen LogP contribution >= 0.6 is 11.6 Å². The van der Waals surface area contributed by atoms with Gasteiger partial charge in [-0.25, -0.2) is 15.0 Å². The summed E-state index contributed by atoms with van der Waals surface area (Å²) in [5.74, 6) is 0.763. The van der Waals surface area contributed by atoms with E-state index in [4.69, 9.17) is 11.6 Å². The number of nitrogens with zero attached hydrogens (tertiary/aromatic N) is 4. The zero-order valence-electron chi connectivity index (χ0n) is 13.6. The highest BCUT2D eigenvalue weighted by Gasteiger charge is 2.04. The molecule has 3 aromatic heterocycles. The number of pyridine rings is 1. The monoisotopic (exact) mass is 349 g/mol. The number of aryl methyl sites for hydroxylation is 1. The zero-order chi connectivity index (χ0) is 17.2. The SMILES string of the molecule is Cc1nccc(-c2cccc(NCc3cn4cc(Cl)ccc4n3)c2)n1. The number of aromatic nitrogens is 4. The Bertz CT molecular complexity index is 1040. The van der Waals surface area contributed by atoms with Crippen LogP contribution in [0.3, 0.4) is 0 Å². The van der Waals surface area contributed by atoms with Gasteiger partial charge in [0.2, 0.25) is 0 Å². The fraction of sp³-hybridized carbons (Fsp3) is 0.105. The Labute approximate surface area is 150 Å². The summed E-state index contributed by atoms with van der Waals surface area (Å²) in [6.07, 6.45) is 5.61. The van der Waals surface area contributed by atoms with Crippen molar-refractivity contribution >= 4 is 22.9 Å². The first kappa shape index (κ1) is 15.6. The molecule has 0 unspecified atom stereocenters. The maximum Gasteiger partial charge on any atom is 0.137 e. The Kier molecular flexibility index (Phi) is 4.07. The van der Waals surface area contributed by atoms with Gasteiger partial charge in [0.15, 0.2) is 0 Å². The van der Waals surface area contributed by atoms with Gasteiger partial charge in [-0.2, -0.15) is 0 Å². The van der Waals surface area contributed by atoms with Gasteiger partial charge in [-0.1, -0.05) is 23.7 Å². The molecule has 0 saturated heterocycles. The van der Waals surface area contributed by atoms with E-state index in [-0.39, 0.29) is 0 Å². The molecule has 0 radical (unpaired) electrons. The van der Waals surface area contributed by atoms with Gasteiger partial charge in [0, 0.05) is 29.8 Å². The summed E-state index contributed by atoms with van der Waals surface area (Å²) in [6, 6.07) is 13.8. The van der Waals surface area contributed by atoms with Crippen molar-refractivity contribution in [2.75, 3.05) is 5.32 Å². The lowest BCUT2D eigenvalue weighted by atomic mass is 10.1. The lowest BCUT2D eigenvalue weighted by molar-refractivity contribution is 1.06. The molecule has 0 atom stereocenters. The molecule has 1 N–H and O–H groups in total. The van der Waals surface area contributed by atoms with Crippen LogP contribution in [0.1, 0.15) is 11.5 Å². The van der Waals surface area contributed by atoms with Crippen LogP contribution in [0.15, 0.2) is 61.1 Å². The third kappa shape index (κ3) is 3.46. The molecule has 0 saturated carbocycles. The summed E-state index contributed by atoms with van der Waals surface area (Å²) < 4.78 is 1.93. The number of benzene rings is 1. The third-order valence-electron chi connectivity index (χ3n) is 3.87. The van der Waals surface area contributed by atoms with E-state index in [0.717, 1.165) is 34.1 Å². The number of fused-ring (bicyclic) bond motifs is 1. The molecule has 0 amide bonds. The van der Waals surface area contributed by atoms with E-state index in [0.29, 0.717) is 11.6 Å². The van der Waals surface area contributed by atoms with Crippen molar-refractivity contribution in [2.24, 2.45) is 0 Å². The second-order valence-electron chi connectivity index (χ2n) is 5.77. The summed E-state index contributed by atoms with van der Waals surface area (Å²) >= 11 is 6.01. The summed E-state index contributed by atoms with van der Waals surface area (Å²) in [4.78, 5) is 13.2. The summed E-state index contributed by atoms with van der Waals surface area (Å²) in [7, 11) is 0. The van der Waals surface area contributed by atoms with Crippen LogP contribution in [0.4, 0.5) is 5.69 Å². The maximum atomic E-state index is 6.01. The first-order valence-corrected chi connectivity index (χ1v) is 8.32. The minimum absolute atomic E-state index is 0.631. The van der Waals surface area contributed by atoms with E-state index in [1.54, 1.807) is 6.20 Å². The van der Waals surface area contributed by atoms with Gasteiger partial charge < -0.3 is 9.72 Å². The number of rotatable bonds is 4. The molecule has 0 aliphatic heterocycles. The number of hydrogen-bond donors (Lipinski definition) is 1. The van der Waals surface area contributed by atoms with E-state index in [1.807, 2.05) is 60.1 Å². The molecular formula is C19H16ClN5. The van der Waals surface area contributed by atoms with E-state index in [9.17, 15) is 0 Å². The molecule has 25 heavy (non-hydrogen) atoms. The highest BCUT2D eigenvalue weighted by atomic mass is 35.5. The number of halogens is 1. The van der Waals surface area contributed by atoms with Crippen molar-refractivity contribution in [3.05, 3.63) is 77.6 Å². The number of imidazole rings is 1. The van der Waals surface area contributed by atoms with Crippen molar-refractivity contribution < 1.29 is 0 Å². The van der Waals surface area contributed by atoms with Crippen molar-refractivity contribution in [1.82, 2.24) is 19.4 Å². The summed E-state index contributed by atoms with van der Waals surface area (Å²) in [6.45, 7) is 2.52. The quantitative estimate of drug-likeness (QED) is 0.594. The molecule has 1 aromatic carbocycles. The Morgan fingerprint density at radius 3 is 2.88 bits per heavy atom. The Morgan fingerprint density at radius 1 is 1.08 bits per heavy atom. The van der Waals surface area contributed by atoms with E-state index in [2.05, 4.69) is 26.3 Å². The molecule has 0 aliphatic rings. The Balaban J connectivity index is 1.53. The highest BCUT2D eigenvalue weighted by molar-refractivity contribution is 6.30. The molecule has 0 bridgehead atoms. The van der Waals surface area contributed by atoms with Crippen LogP contribution in [-0.4, -0.2) is 19.4 Å². The average Bonchev–Trinajstić information content (AvgIpc) is 3.02. The van der Waals surface area contributed by atoms with Gasteiger partial charge in [-0.05, 0) is 37.3 Å². The van der Waals surface area contributed by atoms with E-state index in [1.165, 1.54) is 0 Å². The largest absolute Gasteiger partial charge is 0.379 e. The smallest absolute Gasteiger partial charge is 0.137 e. The number of hydrogen-bond acceptors (Lipinski definition) is 4. The minimum atomic E-state index is 0.631. The maximum absolute atomic E-state index is 6.01. The lowest BCUT2D eigenvalue weighted by Crippen LogP contribution is -2.00. The first-order valence-electron chi connectivity index (χ1n) is 7.94. The molecule has 124 valence electrons. The molecule has 3 heterocycles. The van der Waals surface area contributed by atoms with Gasteiger partial charge in [-0.3, -0.25) is 0 Å². The van der Waals surface area contributed by atoms with Crippen LogP contribution in [0.5, 0.6) is 0 Å². The average molecular weight is 350 g/mol. The summed E-state index contributed by atoms with van der Waals surface area (Å²) in [5.41, 5.74) is 4.82. The van der Waals surface area contributed by atoms with Crippen LogP contribution < -0.4 is 5.32 Å². The van der Waals surface area contributed by atoms with Crippen molar-refractivity contribution in [2.45, 2.75) is 13.5 Å². The van der Waals surface area contributed by atoms with Gasteiger partial charge in [0.25, 0.3) is 0 Å². The van der Waals surface area contributed by atoms with Crippen LogP contribution in [0.25, 0.3) is 16.9 Å². The van der Waals surface area contributed by atoms with Crippen LogP contribution in [0, 0.1) is 6.92 Å². The lowest BCUT2D eigenvalue weighted by Gasteiger charge is -2.07. The van der Waals surface area contributed by atoms with E-state index < -0.39 is 0 Å². The Hall–Kier alpha value is -2.92. The first-order chi connectivity index (χ1) is 12.2. The van der Waals surface area contributed by atoms with Crippen LogP contribution in [-0.2, 0) is 6.54 Å². The van der Waals surface area contributed by atoms with Crippen molar-refractivity contribution in [3.8, 4) is 11.3 Å². The predicted octanol–water partition coefficient (Wildman–Crippen LogP) is 4.37. The number of nitrogens with one attached hydrogen (secondary N) is 1. The highest BCUT2D eigenvalue weighted by Crippen LogP contribution is 2.21. The van der Waals surface area contributed by atoms with Crippen molar-refractivity contribution in [1.29, 1.82) is 0 Å². The van der Waals surface area contributed by atoms with E-state index >= 15 is 0 Å². The molecular weight excluding hydrogens is 334 g/mol. The van der Waals surface area contributed by atoms with Gasteiger partial charge >= 0.3 is 0 Å². The third-order valence-corrected chi connectivity index (χ3v) is 4.10. The van der Waals surface area contributed by atoms with Crippen LogP contribution in [0.2, 0.25) is 5.02 Å². The second kappa shape index (κ2) is 6.53. The minimum Gasteiger partial charge on any atom is -0.379 e. The van der Waals surface area contributed by atoms with Crippen molar-refractivity contribution in [3.63, 3.8) is 0 Å². The van der Waals surface area contributed by atoms with Gasteiger partial charge in [-0.15, -0.1) is 0 Å². The molecule has 0 spiro atoms. The normalized spacial score (nSPS) is 11.0. The molecule has 4 aromatic rings. The molecule has 4 rings (SSSR count). The van der Waals surface area contributed by atoms with Gasteiger partial charge in [0.05, 0.1) is 23.0 Å². The molecule has 6 heteroatoms. The van der Waals surface area contributed by atoms with Gasteiger partial charge in [0.1, 0.15) is 11.5 Å². The standard InChI is InChI=1S/C19H16ClN5/c1-13-21-8-7-18(23-13)14-3-2-4-16(9-14)22-10-17-12-25-11-15(20)5-6-19(25)24-17/h2-9,11-12,22H,10H2,1H3. The topological polar surface area (TPSA) is 55.1 Å². The second-order valence-corrected chi connectivity index (χ2v) is 6.20. The Morgan fingerprint density at radius 2 is 2.00 bits per heavy atom. The molecule has 0 aliphatic carbocycles. The predicted molar refractivity (Wildman–Crippen MR) is 99.7 cm³/mol. The summed E-state index contributed by atoms with van der Waals surface area (Å²) in [5, 5.41) is 4.10. The molecule has 5 nitrogen and oxygen atoms in total. The fourth-order valence-electron chi connectivity index (χ4n) is 2.70. The zero-order valence-corrected chi connectivity index (χ0v) is 14.4. The fourth-order valence-corrected chi connectivity index (χ4v) is 2.87. The molecule has 0 fully saturated rings. The number of anilines is 1.